The topological polar surface area (TPSA) is 62.4 Å². The van der Waals surface area contributed by atoms with E-state index in [4.69, 9.17) is 10.00 Å². The van der Waals surface area contributed by atoms with Gasteiger partial charge in [-0.05, 0) is 60.5 Å². The molecule has 134 valence electrons. The lowest BCUT2D eigenvalue weighted by molar-refractivity contribution is -0.134. The van der Waals surface area contributed by atoms with Gasteiger partial charge in [0.2, 0.25) is 0 Å². The maximum Gasteiger partial charge on any atom is 0.311 e. The van der Waals surface area contributed by atoms with Gasteiger partial charge in [-0.1, -0.05) is 32.6 Å². The van der Waals surface area contributed by atoms with Crippen molar-refractivity contribution in [3.8, 4) is 11.8 Å². The third-order valence-corrected chi connectivity index (χ3v) is 3.96. The molecule has 4 nitrogen and oxygen atoms in total. The van der Waals surface area contributed by atoms with E-state index in [0.717, 1.165) is 24.1 Å². The highest BCUT2D eigenvalue weighted by atomic mass is 16.5. The van der Waals surface area contributed by atoms with Gasteiger partial charge in [0.15, 0.2) is 0 Å². The zero-order valence-electron chi connectivity index (χ0n) is 15.1. The molecular formula is C22H24N2O2. The van der Waals surface area contributed by atoms with Crippen molar-refractivity contribution in [3.63, 3.8) is 0 Å². The van der Waals surface area contributed by atoms with Crippen LogP contribution < -0.4 is 4.74 Å². The summed E-state index contributed by atoms with van der Waals surface area (Å²) in [6, 6.07) is 16.4. The van der Waals surface area contributed by atoms with Crippen molar-refractivity contribution in [3.05, 3.63) is 59.7 Å². The van der Waals surface area contributed by atoms with Crippen LogP contribution in [0.25, 0.3) is 0 Å². The third-order valence-electron chi connectivity index (χ3n) is 3.96. The zero-order chi connectivity index (χ0) is 18.6. The molecule has 2 aromatic rings. The van der Waals surface area contributed by atoms with Crippen molar-refractivity contribution in [2.24, 2.45) is 4.99 Å². The fourth-order valence-electron chi connectivity index (χ4n) is 2.45. The maximum atomic E-state index is 11.8. The summed E-state index contributed by atoms with van der Waals surface area (Å²) in [7, 11) is 0. The summed E-state index contributed by atoms with van der Waals surface area (Å²) in [5, 5.41) is 8.78. The van der Waals surface area contributed by atoms with Gasteiger partial charge in [-0.15, -0.1) is 0 Å². The molecule has 0 saturated heterocycles. The van der Waals surface area contributed by atoms with Crippen LogP contribution >= 0.6 is 0 Å². The van der Waals surface area contributed by atoms with Gasteiger partial charge in [-0.25, -0.2) is 0 Å². The predicted molar refractivity (Wildman–Crippen MR) is 104 cm³/mol. The van der Waals surface area contributed by atoms with Gasteiger partial charge >= 0.3 is 5.97 Å². The molecule has 2 aromatic carbocycles. The summed E-state index contributed by atoms with van der Waals surface area (Å²) in [4.78, 5) is 16.2. The molecule has 0 fully saturated rings. The molecule has 0 saturated carbocycles. The number of aliphatic imine (C=N–C) groups is 1. The van der Waals surface area contributed by atoms with Crippen LogP contribution in [0.1, 0.15) is 56.6 Å². The van der Waals surface area contributed by atoms with Crippen LogP contribution in [-0.2, 0) is 4.79 Å². The van der Waals surface area contributed by atoms with Gasteiger partial charge in [0.1, 0.15) is 5.75 Å². The van der Waals surface area contributed by atoms with Gasteiger partial charge in [0, 0.05) is 12.6 Å². The Labute approximate surface area is 155 Å². The number of carbonyl (C=O) groups is 1. The molecule has 0 atom stereocenters. The average molecular weight is 348 g/mol. The lowest BCUT2D eigenvalue weighted by Crippen LogP contribution is -2.07. The Kier molecular flexibility index (Phi) is 8.08. The second-order valence-corrected chi connectivity index (χ2v) is 6.12. The fourth-order valence-corrected chi connectivity index (χ4v) is 2.45. The van der Waals surface area contributed by atoms with E-state index in [1.54, 1.807) is 42.6 Å². The lowest BCUT2D eigenvalue weighted by atomic mass is 10.1. The highest BCUT2D eigenvalue weighted by Crippen LogP contribution is 2.15. The maximum absolute atomic E-state index is 11.8. The first kappa shape index (κ1) is 19.4. The van der Waals surface area contributed by atoms with Gasteiger partial charge in [0.25, 0.3) is 0 Å². The van der Waals surface area contributed by atoms with Crippen LogP contribution in [0.5, 0.6) is 5.75 Å². The van der Waals surface area contributed by atoms with Gasteiger partial charge in [0.05, 0.1) is 17.3 Å². The Morgan fingerprint density at radius 2 is 1.73 bits per heavy atom. The van der Waals surface area contributed by atoms with E-state index in [1.165, 1.54) is 19.3 Å². The molecule has 26 heavy (non-hydrogen) atoms. The minimum absolute atomic E-state index is 0.180. The van der Waals surface area contributed by atoms with Crippen molar-refractivity contribution in [1.29, 1.82) is 5.26 Å². The standard InChI is InChI=1S/C22H24N2O2/c1-2-3-4-5-6-7-22(25)26-21-14-10-19(11-15-21)17-24-20-12-8-18(16-23)9-13-20/h8-15,17H,2-7H2,1H3. The van der Waals surface area contributed by atoms with Crippen LogP contribution in [0.2, 0.25) is 0 Å². The second-order valence-electron chi connectivity index (χ2n) is 6.12. The molecule has 0 radical (unpaired) electrons. The Balaban J connectivity index is 1.80. The molecule has 2 rings (SSSR count). The molecular weight excluding hydrogens is 324 g/mol. The first-order valence-corrected chi connectivity index (χ1v) is 9.06. The van der Waals surface area contributed by atoms with Crippen LogP contribution in [0.15, 0.2) is 53.5 Å². The van der Waals surface area contributed by atoms with E-state index >= 15 is 0 Å². The van der Waals surface area contributed by atoms with Crippen molar-refractivity contribution in [2.45, 2.75) is 45.4 Å². The summed E-state index contributed by atoms with van der Waals surface area (Å²) >= 11 is 0. The second kappa shape index (κ2) is 10.8. The van der Waals surface area contributed by atoms with Crippen LogP contribution in [0, 0.1) is 11.3 Å². The van der Waals surface area contributed by atoms with Crippen molar-refractivity contribution in [2.75, 3.05) is 0 Å². The van der Waals surface area contributed by atoms with Crippen molar-refractivity contribution < 1.29 is 9.53 Å². The Hall–Kier alpha value is -2.93. The summed E-state index contributed by atoms with van der Waals surface area (Å²) < 4.78 is 5.35. The number of ether oxygens (including phenoxy) is 1. The highest BCUT2D eigenvalue weighted by Gasteiger charge is 2.04. The molecule has 0 unspecified atom stereocenters. The van der Waals surface area contributed by atoms with E-state index in [2.05, 4.69) is 18.0 Å². The molecule has 0 amide bonds. The molecule has 0 aromatic heterocycles. The summed E-state index contributed by atoms with van der Waals surface area (Å²) in [5.74, 6) is 0.375. The quantitative estimate of drug-likeness (QED) is 0.257. The number of nitriles is 1. The van der Waals surface area contributed by atoms with E-state index in [1.807, 2.05) is 12.1 Å². The normalized spacial score (nSPS) is 10.6. The van der Waals surface area contributed by atoms with Crippen molar-refractivity contribution >= 4 is 17.9 Å². The number of hydrogen-bond donors (Lipinski definition) is 0. The smallest absolute Gasteiger partial charge is 0.311 e. The Bertz CT molecular complexity index is 756. The molecule has 0 bridgehead atoms. The Morgan fingerprint density at radius 3 is 2.38 bits per heavy atom. The van der Waals surface area contributed by atoms with E-state index < -0.39 is 0 Å². The van der Waals surface area contributed by atoms with Crippen LogP contribution in [-0.4, -0.2) is 12.2 Å². The number of hydrogen-bond acceptors (Lipinski definition) is 4. The number of nitrogens with zero attached hydrogens (tertiary/aromatic N) is 2. The predicted octanol–water partition coefficient (Wildman–Crippen LogP) is 5.57. The average Bonchev–Trinajstić information content (AvgIpc) is 2.67. The molecule has 4 heteroatoms. The Morgan fingerprint density at radius 1 is 1.04 bits per heavy atom. The monoisotopic (exact) mass is 348 g/mol. The van der Waals surface area contributed by atoms with Gasteiger partial charge < -0.3 is 4.74 Å². The third kappa shape index (κ3) is 6.90. The van der Waals surface area contributed by atoms with Crippen LogP contribution in [0.4, 0.5) is 5.69 Å². The summed E-state index contributed by atoms with van der Waals surface area (Å²) in [6.07, 6.45) is 7.76. The fraction of sp³-hybridized carbons (Fsp3) is 0.318. The van der Waals surface area contributed by atoms with E-state index in [9.17, 15) is 4.79 Å². The zero-order valence-corrected chi connectivity index (χ0v) is 15.1. The number of rotatable bonds is 9. The van der Waals surface area contributed by atoms with Crippen molar-refractivity contribution in [1.82, 2.24) is 0 Å². The molecule has 0 N–H and O–H groups in total. The first-order valence-electron chi connectivity index (χ1n) is 9.06. The minimum atomic E-state index is -0.180. The van der Waals surface area contributed by atoms with E-state index in [0.29, 0.717) is 17.7 Å². The molecule has 0 aliphatic heterocycles. The van der Waals surface area contributed by atoms with Crippen LogP contribution in [0.3, 0.4) is 0 Å². The minimum Gasteiger partial charge on any atom is -0.427 e. The lowest BCUT2D eigenvalue weighted by Gasteiger charge is -2.04. The SMILES string of the molecule is CCCCCCCC(=O)Oc1ccc(C=Nc2ccc(C#N)cc2)cc1. The largest absolute Gasteiger partial charge is 0.427 e. The molecule has 0 aliphatic rings. The number of esters is 1. The van der Waals surface area contributed by atoms with Gasteiger partial charge in [-0.2, -0.15) is 5.26 Å². The van der Waals surface area contributed by atoms with Gasteiger partial charge in [-0.3, -0.25) is 9.79 Å². The highest BCUT2D eigenvalue weighted by molar-refractivity contribution is 5.82. The number of benzene rings is 2. The van der Waals surface area contributed by atoms with E-state index in [-0.39, 0.29) is 5.97 Å². The molecule has 0 aliphatic carbocycles. The number of unbranched alkanes of at least 4 members (excludes halogenated alkanes) is 4. The molecule has 0 spiro atoms. The summed E-state index contributed by atoms with van der Waals surface area (Å²) in [5.41, 5.74) is 2.30. The molecule has 0 heterocycles. The summed E-state index contributed by atoms with van der Waals surface area (Å²) in [6.45, 7) is 2.17. The number of carbonyl (C=O) groups excluding carboxylic acids is 1. The first-order chi connectivity index (χ1) is 12.7.